The Hall–Kier alpha value is -1.27. The Labute approximate surface area is 110 Å². The zero-order valence-corrected chi connectivity index (χ0v) is 11.0. The third-order valence-corrected chi connectivity index (χ3v) is 4.04. The topological polar surface area (TPSA) is 74.4 Å². The minimum absolute atomic E-state index is 0.346. The first-order chi connectivity index (χ1) is 8.70. The molecule has 1 aromatic heterocycles. The molecule has 0 bridgehead atoms. The van der Waals surface area contributed by atoms with Gasteiger partial charge in [0.15, 0.2) is 0 Å². The Morgan fingerprint density at radius 2 is 2.28 bits per heavy atom. The van der Waals surface area contributed by atoms with Gasteiger partial charge in [0.25, 0.3) is 0 Å². The summed E-state index contributed by atoms with van der Waals surface area (Å²) in [6.07, 6.45) is 3.52. The van der Waals surface area contributed by atoms with E-state index in [0.29, 0.717) is 16.5 Å². The van der Waals surface area contributed by atoms with Gasteiger partial charge in [0.1, 0.15) is 0 Å². The molecular formula is C12H16N2O3S. The van der Waals surface area contributed by atoms with Crippen LogP contribution in [0, 0.1) is 0 Å². The molecule has 18 heavy (non-hydrogen) atoms. The molecule has 1 saturated heterocycles. The molecule has 0 amide bonds. The van der Waals surface area contributed by atoms with E-state index < -0.39 is 5.97 Å². The number of pyridine rings is 1. The monoisotopic (exact) mass is 268 g/mol. The zero-order chi connectivity index (χ0) is 13.0. The Morgan fingerprint density at radius 3 is 2.94 bits per heavy atom. The number of thioether (sulfide) groups is 1. The molecule has 0 atom stereocenters. The number of esters is 1. The van der Waals surface area contributed by atoms with Crippen LogP contribution in [0.3, 0.4) is 0 Å². The van der Waals surface area contributed by atoms with Gasteiger partial charge in [-0.15, -0.1) is 11.8 Å². The van der Waals surface area contributed by atoms with E-state index in [1.807, 2.05) is 0 Å². The number of rotatable bonds is 3. The van der Waals surface area contributed by atoms with Crippen LogP contribution < -0.4 is 5.73 Å². The quantitative estimate of drug-likeness (QED) is 0.841. The number of hydrogen-bond donors (Lipinski definition) is 1. The van der Waals surface area contributed by atoms with Crippen molar-refractivity contribution in [3.05, 3.63) is 17.8 Å². The van der Waals surface area contributed by atoms with Gasteiger partial charge in [-0.1, -0.05) is 0 Å². The molecule has 2 rings (SSSR count). The fourth-order valence-electron chi connectivity index (χ4n) is 1.76. The summed E-state index contributed by atoms with van der Waals surface area (Å²) in [6.45, 7) is 1.58. The van der Waals surface area contributed by atoms with Crippen molar-refractivity contribution in [1.29, 1.82) is 0 Å². The van der Waals surface area contributed by atoms with E-state index in [0.717, 1.165) is 31.1 Å². The molecule has 1 aliphatic heterocycles. The predicted molar refractivity (Wildman–Crippen MR) is 69.7 cm³/mol. The third-order valence-electron chi connectivity index (χ3n) is 2.77. The molecule has 1 aliphatic rings. The second-order valence-electron chi connectivity index (χ2n) is 4.03. The second-order valence-corrected chi connectivity index (χ2v) is 5.35. The van der Waals surface area contributed by atoms with Crippen molar-refractivity contribution in [3.63, 3.8) is 0 Å². The van der Waals surface area contributed by atoms with E-state index in [1.54, 1.807) is 17.8 Å². The summed E-state index contributed by atoms with van der Waals surface area (Å²) in [5.74, 6) is -0.427. The minimum Gasteiger partial charge on any atom is -0.465 e. The molecule has 2 heterocycles. The summed E-state index contributed by atoms with van der Waals surface area (Å²) in [7, 11) is 1.34. The Balaban J connectivity index is 2.11. The Bertz CT molecular complexity index is 433. The number of carbonyl (C=O) groups is 1. The number of nitrogens with zero attached hydrogens (tertiary/aromatic N) is 1. The molecule has 0 aromatic carbocycles. The highest BCUT2D eigenvalue weighted by Crippen LogP contribution is 2.29. The van der Waals surface area contributed by atoms with Gasteiger partial charge >= 0.3 is 5.97 Å². The number of hydrogen-bond acceptors (Lipinski definition) is 6. The van der Waals surface area contributed by atoms with Gasteiger partial charge in [0.2, 0.25) is 0 Å². The van der Waals surface area contributed by atoms with Crippen molar-refractivity contribution in [2.24, 2.45) is 0 Å². The molecule has 5 nitrogen and oxygen atoms in total. The van der Waals surface area contributed by atoms with Crippen LogP contribution >= 0.6 is 11.8 Å². The summed E-state index contributed by atoms with van der Waals surface area (Å²) in [4.78, 5) is 15.8. The standard InChI is InChI=1S/C12H16N2O3S/c1-16-12(15)9-6-11(14-7-10(9)13)18-8-2-4-17-5-3-8/h6-8H,2-5,13H2,1H3. The van der Waals surface area contributed by atoms with Crippen LogP contribution in [0.4, 0.5) is 5.69 Å². The molecule has 0 aliphatic carbocycles. The first-order valence-corrected chi connectivity index (χ1v) is 6.67. The minimum atomic E-state index is -0.427. The lowest BCUT2D eigenvalue weighted by Crippen LogP contribution is -2.17. The molecule has 98 valence electrons. The lowest BCUT2D eigenvalue weighted by molar-refractivity contribution is 0.0601. The smallest absolute Gasteiger partial charge is 0.340 e. The first-order valence-electron chi connectivity index (χ1n) is 5.79. The van der Waals surface area contributed by atoms with Crippen LogP contribution in [0.1, 0.15) is 23.2 Å². The highest BCUT2D eigenvalue weighted by molar-refractivity contribution is 7.99. The lowest BCUT2D eigenvalue weighted by atomic mass is 10.2. The normalized spacial score (nSPS) is 16.5. The first kappa shape index (κ1) is 13.2. The van der Waals surface area contributed by atoms with Crippen LogP contribution in [-0.2, 0) is 9.47 Å². The maximum Gasteiger partial charge on any atom is 0.340 e. The fraction of sp³-hybridized carbons (Fsp3) is 0.500. The lowest BCUT2D eigenvalue weighted by Gasteiger charge is -2.21. The summed E-state index contributed by atoms with van der Waals surface area (Å²) in [5, 5.41) is 1.29. The summed E-state index contributed by atoms with van der Waals surface area (Å²) in [5.41, 5.74) is 6.43. The van der Waals surface area contributed by atoms with Crippen LogP contribution in [0.2, 0.25) is 0 Å². The van der Waals surface area contributed by atoms with E-state index in [9.17, 15) is 4.79 Å². The molecular weight excluding hydrogens is 252 g/mol. The second kappa shape index (κ2) is 6.06. The van der Waals surface area contributed by atoms with Crippen molar-refractivity contribution in [2.45, 2.75) is 23.1 Å². The van der Waals surface area contributed by atoms with Crippen LogP contribution in [0.15, 0.2) is 17.3 Å². The predicted octanol–water partition coefficient (Wildman–Crippen LogP) is 1.72. The molecule has 0 saturated carbocycles. The van der Waals surface area contributed by atoms with Crippen molar-refractivity contribution >= 4 is 23.4 Å². The van der Waals surface area contributed by atoms with Gasteiger partial charge in [0, 0.05) is 18.5 Å². The number of carbonyl (C=O) groups excluding carboxylic acids is 1. The van der Waals surface area contributed by atoms with Crippen LogP contribution in [0.25, 0.3) is 0 Å². The molecule has 1 aromatic rings. The van der Waals surface area contributed by atoms with Gasteiger partial charge in [-0.3, -0.25) is 0 Å². The molecule has 0 radical (unpaired) electrons. The van der Waals surface area contributed by atoms with E-state index in [1.165, 1.54) is 13.3 Å². The fourth-order valence-corrected chi connectivity index (χ4v) is 2.83. The highest BCUT2D eigenvalue weighted by Gasteiger charge is 2.18. The van der Waals surface area contributed by atoms with Crippen molar-refractivity contribution in [1.82, 2.24) is 4.98 Å². The molecule has 0 spiro atoms. The molecule has 6 heteroatoms. The summed E-state index contributed by atoms with van der Waals surface area (Å²) in [6, 6.07) is 1.70. The largest absolute Gasteiger partial charge is 0.465 e. The molecule has 0 unspecified atom stereocenters. The van der Waals surface area contributed by atoms with E-state index >= 15 is 0 Å². The number of ether oxygens (including phenoxy) is 2. The van der Waals surface area contributed by atoms with Crippen molar-refractivity contribution in [2.75, 3.05) is 26.1 Å². The van der Waals surface area contributed by atoms with Gasteiger partial charge < -0.3 is 15.2 Å². The maximum atomic E-state index is 11.5. The van der Waals surface area contributed by atoms with Gasteiger partial charge in [-0.05, 0) is 18.9 Å². The Kier molecular flexibility index (Phi) is 4.43. The van der Waals surface area contributed by atoms with E-state index in [2.05, 4.69) is 9.72 Å². The number of methoxy groups -OCH3 is 1. The van der Waals surface area contributed by atoms with Crippen molar-refractivity contribution in [3.8, 4) is 0 Å². The average Bonchev–Trinajstić information content (AvgIpc) is 2.41. The SMILES string of the molecule is COC(=O)c1cc(SC2CCOCC2)ncc1N. The number of nitrogen functional groups attached to an aromatic ring is 1. The maximum absolute atomic E-state index is 11.5. The summed E-state index contributed by atoms with van der Waals surface area (Å²) >= 11 is 1.66. The van der Waals surface area contributed by atoms with E-state index in [-0.39, 0.29) is 0 Å². The van der Waals surface area contributed by atoms with Gasteiger partial charge in [0.05, 0.1) is 29.6 Å². The highest BCUT2D eigenvalue weighted by atomic mass is 32.2. The molecule has 2 N–H and O–H groups in total. The van der Waals surface area contributed by atoms with Crippen molar-refractivity contribution < 1.29 is 14.3 Å². The van der Waals surface area contributed by atoms with Crippen LogP contribution in [-0.4, -0.2) is 36.5 Å². The summed E-state index contributed by atoms with van der Waals surface area (Å²) < 4.78 is 9.99. The van der Waals surface area contributed by atoms with Gasteiger partial charge in [-0.2, -0.15) is 0 Å². The number of nitrogens with two attached hydrogens (primary N) is 1. The Morgan fingerprint density at radius 1 is 1.56 bits per heavy atom. The van der Waals surface area contributed by atoms with Crippen LogP contribution in [0.5, 0.6) is 0 Å². The average molecular weight is 268 g/mol. The zero-order valence-electron chi connectivity index (χ0n) is 10.2. The van der Waals surface area contributed by atoms with Gasteiger partial charge in [-0.25, -0.2) is 9.78 Å². The molecule has 1 fully saturated rings. The third kappa shape index (κ3) is 3.14. The number of aromatic nitrogens is 1. The van der Waals surface area contributed by atoms with E-state index in [4.69, 9.17) is 10.5 Å². The number of anilines is 1.